The van der Waals surface area contributed by atoms with Crippen molar-refractivity contribution in [2.24, 2.45) is 0 Å². The highest BCUT2D eigenvalue weighted by atomic mass is 16.5. The lowest BCUT2D eigenvalue weighted by Gasteiger charge is -2.25. The molecule has 0 aliphatic carbocycles. The van der Waals surface area contributed by atoms with E-state index in [1.807, 2.05) is 25.8 Å². The van der Waals surface area contributed by atoms with Crippen molar-refractivity contribution in [3.8, 4) is 5.75 Å². The number of nitrogens with zero attached hydrogens (tertiary/aromatic N) is 1. The van der Waals surface area contributed by atoms with Crippen LogP contribution in [0.25, 0.3) is 0 Å². The molecule has 1 amide bonds. The van der Waals surface area contributed by atoms with Gasteiger partial charge >= 0.3 is 0 Å². The van der Waals surface area contributed by atoms with Gasteiger partial charge in [0.25, 0.3) is 5.91 Å². The predicted molar refractivity (Wildman–Crippen MR) is 84.8 cm³/mol. The molecular weight excluding hydrogens is 264 g/mol. The van der Waals surface area contributed by atoms with Crippen molar-refractivity contribution in [3.05, 3.63) is 28.8 Å². The third-order valence-electron chi connectivity index (χ3n) is 4.08. The molecule has 116 valence electrons. The molecular formula is C17H26N2O2. The van der Waals surface area contributed by atoms with Crippen molar-refractivity contribution >= 4 is 5.91 Å². The summed E-state index contributed by atoms with van der Waals surface area (Å²) in [6, 6.07) is 4.49. The van der Waals surface area contributed by atoms with E-state index in [2.05, 4.69) is 24.4 Å². The van der Waals surface area contributed by atoms with Gasteiger partial charge in [-0.2, -0.15) is 0 Å². The molecule has 1 atom stereocenters. The summed E-state index contributed by atoms with van der Waals surface area (Å²) >= 11 is 0. The summed E-state index contributed by atoms with van der Waals surface area (Å²) in [4.78, 5) is 14.3. The molecule has 1 aliphatic heterocycles. The first kappa shape index (κ1) is 15.8. The molecule has 1 N–H and O–H groups in total. The number of benzene rings is 1. The molecule has 1 aromatic rings. The number of hydrogen-bond acceptors (Lipinski definition) is 3. The number of likely N-dealkylation sites (N-methyl/N-ethyl adjacent to an activating group) is 1. The average Bonchev–Trinajstić information content (AvgIpc) is 2.86. The molecule has 4 nitrogen and oxygen atoms in total. The van der Waals surface area contributed by atoms with Gasteiger partial charge in [-0.3, -0.25) is 4.79 Å². The van der Waals surface area contributed by atoms with Gasteiger partial charge in [-0.05, 0) is 51.8 Å². The molecule has 0 bridgehead atoms. The van der Waals surface area contributed by atoms with Gasteiger partial charge < -0.3 is 15.0 Å². The molecule has 0 spiro atoms. The Hall–Kier alpha value is -1.55. The van der Waals surface area contributed by atoms with Crippen molar-refractivity contribution in [1.29, 1.82) is 0 Å². The fourth-order valence-electron chi connectivity index (χ4n) is 3.22. The van der Waals surface area contributed by atoms with Crippen molar-refractivity contribution < 1.29 is 9.53 Å². The predicted octanol–water partition coefficient (Wildman–Crippen LogP) is 2.20. The van der Waals surface area contributed by atoms with E-state index in [9.17, 15) is 4.79 Å². The second-order valence-electron chi connectivity index (χ2n) is 5.96. The van der Waals surface area contributed by atoms with E-state index in [4.69, 9.17) is 4.74 Å². The SMILES string of the molecule is CNCC1CCCN1C(=O)COc1c(C)cc(C)cc1C. The third kappa shape index (κ3) is 3.76. The van der Waals surface area contributed by atoms with Crippen LogP contribution >= 0.6 is 0 Å². The molecule has 21 heavy (non-hydrogen) atoms. The van der Waals surface area contributed by atoms with Gasteiger partial charge in [0.1, 0.15) is 5.75 Å². The lowest BCUT2D eigenvalue weighted by Crippen LogP contribution is -2.43. The highest BCUT2D eigenvalue weighted by molar-refractivity contribution is 5.78. The summed E-state index contributed by atoms with van der Waals surface area (Å²) in [7, 11) is 1.93. The highest BCUT2D eigenvalue weighted by Crippen LogP contribution is 2.25. The van der Waals surface area contributed by atoms with Gasteiger partial charge in [-0.1, -0.05) is 17.7 Å². The summed E-state index contributed by atoms with van der Waals surface area (Å²) in [5.74, 6) is 0.936. The van der Waals surface area contributed by atoms with Crippen LogP contribution < -0.4 is 10.1 Å². The summed E-state index contributed by atoms with van der Waals surface area (Å²) in [5.41, 5.74) is 3.40. The molecule has 1 fully saturated rings. The van der Waals surface area contributed by atoms with Crippen LogP contribution in [-0.2, 0) is 4.79 Å². The molecule has 1 aromatic carbocycles. The number of nitrogens with one attached hydrogen (secondary N) is 1. The Labute approximate surface area is 127 Å². The molecule has 2 rings (SSSR count). The molecule has 0 radical (unpaired) electrons. The van der Waals surface area contributed by atoms with Crippen LogP contribution in [0.5, 0.6) is 5.75 Å². The van der Waals surface area contributed by atoms with Crippen molar-refractivity contribution in [3.63, 3.8) is 0 Å². The molecule has 0 aromatic heterocycles. The smallest absolute Gasteiger partial charge is 0.260 e. The summed E-state index contributed by atoms with van der Waals surface area (Å²) in [5, 5.41) is 3.16. The summed E-state index contributed by atoms with van der Waals surface area (Å²) in [6.07, 6.45) is 2.16. The van der Waals surface area contributed by atoms with Crippen LogP contribution in [0.15, 0.2) is 12.1 Å². The monoisotopic (exact) mass is 290 g/mol. The van der Waals surface area contributed by atoms with Crippen LogP contribution in [0.1, 0.15) is 29.5 Å². The average molecular weight is 290 g/mol. The minimum Gasteiger partial charge on any atom is -0.483 e. The van der Waals surface area contributed by atoms with Crippen molar-refractivity contribution in [2.45, 2.75) is 39.7 Å². The first-order valence-electron chi connectivity index (χ1n) is 7.67. The Kier molecular flexibility index (Phi) is 5.23. The van der Waals surface area contributed by atoms with Gasteiger partial charge in [0.05, 0.1) is 0 Å². The van der Waals surface area contributed by atoms with E-state index >= 15 is 0 Å². The van der Waals surface area contributed by atoms with Crippen molar-refractivity contribution in [2.75, 3.05) is 26.7 Å². The zero-order valence-corrected chi connectivity index (χ0v) is 13.5. The lowest BCUT2D eigenvalue weighted by atomic mass is 10.1. The van der Waals surface area contributed by atoms with E-state index < -0.39 is 0 Å². The number of likely N-dealkylation sites (tertiary alicyclic amines) is 1. The second kappa shape index (κ2) is 6.94. The lowest BCUT2D eigenvalue weighted by molar-refractivity contribution is -0.134. The van der Waals surface area contributed by atoms with Crippen LogP contribution in [0.4, 0.5) is 0 Å². The number of hydrogen-bond donors (Lipinski definition) is 1. The van der Waals surface area contributed by atoms with Crippen LogP contribution in [0, 0.1) is 20.8 Å². The van der Waals surface area contributed by atoms with Gasteiger partial charge in [0.15, 0.2) is 6.61 Å². The van der Waals surface area contributed by atoms with E-state index in [0.29, 0.717) is 6.04 Å². The van der Waals surface area contributed by atoms with E-state index in [0.717, 1.165) is 42.8 Å². The summed E-state index contributed by atoms with van der Waals surface area (Å²) in [6.45, 7) is 7.96. The van der Waals surface area contributed by atoms with E-state index in [1.165, 1.54) is 5.56 Å². The molecule has 4 heteroatoms. The maximum atomic E-state index is 12.4. The van der Waals surface area contributed by atoms with Crippen LogP contribution in [0.2, 0.25) is 0 Å². The van der Waals surface area contributed by atoms with E-state index in [-0.39, 0.29) is 12.5 Å². The number of ether oxygens (including phenoxy) is 1. The molecule has 1 aliphatic rings. The summed E-state index contributed by atoms with van der Waals surface area (Å²) < 4.78 is 5.81. The number of carbonyl (C=O) groups is 1. The van der Waals surface area contributed by atoms with Crippen LogP contribution in [0.3, 0.4) is 0 Å². The normalized spacial score (nSPS) is 18.1. The largest absolute Gasteiger partial charge is 0.483 e. The maximum Gasteiger partial charge on any atom is 0.260 e. The fraction of sp³-hybridized carbons (Fsp3) is 0.588. The molecule has 1 saturated heterocycles. The van der Waals surface area contributed by atoms with Gasteiger partial charge in [0.2, 0.25) is 0 Å². The zero-order valence-electron chi connectivity index (χ0n) is 13.5. The Bertz CT molecular complexity index is 491. The number of carbonyl (C=O) groups excluding carboxylic acids is 1. The van der Waals surface area contributed by atoms with Crippen molar-refractivity contribution in [1.82, 2.24) is 10.2 Å². The fourth-order valence-corrected chi connectivity index (χ4v) is 3.22. The van der Waals surface area contributed by atoms with E-state index in [1.54, 1.807) is 0 Å². The first-order valence-corrected chi connectivity index (χ1v) is 7.67. The number of amides is 1. The topological polar surface area (TPSA) is 41.6 Å². The molecule has 0 saturated carbocycles. The molecule has 1 heterocycles. The quantitative estimate of drug-likeness (QED) is 0.904. The Morgan fingerprint density at radius 1 is 1.33 bits per heavy atom. The minimum atomic E-state index is 0.0899. The molecule has 1 unspecified atom stereocenters. The first-order chi connectivity index (χ1) is 10.0. The van der Waals surface area contributed by atoms with Gasteiger partial charge in [-0.25, -0.2) is 0 Å². The Balaban J connectivity index is 1.98. The highest BCUT2D eigenvalue weighted by Gasteiger charge is 2.28. The zero-order chi connectivity index (χ0) is 15.4. The standard InChI is InChI=1S/C17H26N2O2/c1-12-8-13(2)17(14(3)9-12)21-11-16(20)19-7-5-6-15(19)10-18-4/h8-9,15,18H,5-7,10-11H2,1-4H3. The Morgan fingerprint density at radius 3 is 2.62 bits per heavy atom. The second-order valence-corrected chi connectivity index (χ2v) is 5.96. The van der Waals surface area contributed by atoms with Gasteiger partial charge in [0, 0.05) is 19.1 Å². The van der Waals surface area contributed by atoms with Gasteiger partial charge in [-0.15, -0.1) is 0 Å². The van der Waals surface area contributed by atoms with Crippen LogP contribution in [-0.4, -0.2) is 43.6 Å². The maximum absolute atomic E-state index is 12.4. The number of rotatable bonds is 5. The minimum absolute atomic E-state index is 0.0899. The number of aryl methyl sites for hydroxylation is 3. The Morgan fingerprint density at radius 2 is 2.00 bits per heavy atom. The third-order valence-corrected chi connectivity index (χ3v) is 4.08.